The number of furan rings is 1. The first-order chi connectivity index (χ1) is 33.1. The molecular weight excluding hydrogens is 817 g/mol. The van der Waals surface area contributed by atoms with Crippen LogP contribution < -0.4 is 0 Å². The highest BCUT2D eigenvalue weighted by molar-refractivity contribution is 6.08. The molecule has 7 aromatic carbocycles. The van der Waals surface area contributed by atoms with Crippen LogP contribution in [0, 0.1) is 5.92 Å². The van der Waals surface area contributed by atoms with Gasteiger partial charge < -0.3 is 4.42 Å². The summed E-state index contributed by atoms with van der Waals surface area (Å²) < 4.78 is 6.13. The van der Waals surface area contributed by atoms with Crippen molar-refractivity contribution in [3.63, 3.8) is 0 Å². The molecule has 12 aromatic rings. The molecule has 0 saturated heterocycles. The smallest absolute Gasteiger partial charge is 0.135 e. The van der Waals surface area contributed by atoms with Crippen molar-refractivity contribution in [1.29, 1.82) is 0 Å². The predicted octanol–water partition coefficient (Wildman–Crippen LogP) is 15.2. The molecule has 5 heteroatoms. The number of aromatic nitrogens is 4. The van der Waals surface area contributed by atoms with E-state index < -0.39 is 5.41 Å². The van der Waals surface area contributed by atoms with Crippen molar-refractivity contribution in [2.45, 2.75) is 18.3 Å². The van der Waals surface area contributed by atoms with Gasteiger partial charge in [-0.15, -0.1) is 0 Å². The summed E-state index contributed by atoms with van der Waals surface area (Å²) in [5, 5.41) is 6.50. The molecule has 14 rings (SSSR count). The number of allylic oxidation sites excluding steroid dienone is 4. The quantitative estimate of drug-likeness (QED) is 0.161. The Labute approximate surface area is 386 Å². The summed E-state index contributed by atoms with van der Waals surface area (Å²) in [6.07, 6.45) is 10.8. The van der Waals surface area contributed by atoms with Crippen LogP contribution in [-0.2, 0) is 5.41 Å². The number of fused-ring (bicyclic) bond motifs is 11. The van der Waals surface area contributed by atoms with Gasteiger partial charge in [0.05, 0.1) is 33.2 Å². The molecule has 0 spiro atoms. The second kappa shape index (κ2) is 14.5. The van der Waals surface area contributed by atoms with Crippen LogP contribution in [0.25, 0.3) is 93.5 Å². The van der Waals surface area contributed by atoms with E-state index in [-0.39, 0.29) is 11.8 Å². The Morgan fingerprint density at radius 3 is 2.00 bits per heavy atom. The van der Waals surface area contributed by atoms with Gasteiger partial charge in [0, 0.05) is 68.0 Å². The zero-order chi connectivity index (χ0) is 44.2. The maximum Gasteiger partial charge on any atom is 0.135 e. The second-order valence-electron chi connectivity index (χ2n) is 18.2. The number of rotatable bonds is 5. The zero-order valence-electron chi connectivity index (χ0n) is 36.6. The van der Waals surface area contributed by atoms with E-state index in [0.717, 1.165) is 87.9 Å². The van der Waals surface area contributed by atoms with Crippen molar-refractivity contribution in [3.8, 4) is 22.4 Å². The number of hydrogen-bond acceptors (Lipinski definition) is 5. The van der Waals surface area contributed by atoms with Crippen LogP contribution in [0.4, 0.5) is 0 Å². The van der Waals surface area contributed by atoms with Crippen molar-refractivity contribution in [2.75, 3.05) is 0 Å². The Kier molecular flexibility index (Phi) is 8.17. The van der Waals surface area contributed by atoms with Gasteiger partial charge in [-0.1, -0.05) is 146 Å². The summed E-state index contributed by atoms with van der Waals surface area (Å²) in [5.41, 5.74) is 18.0. The third-order valence-electron chi connectivity index (χ3n) is 14.6. The van der Waals surface area contributed by atoms with Gasteiger partial charge in [0.1, 0.15) is 11.2 Å². The fourth-order valence-electron chi connectivity index (χ4n) is 11.6. The lowest BCUT2D eigenvalue weighted by molar-refractivity contribution is 0.532. The van der Waals surface area contributed by atoms with Crippen LogP contribution >= 0.6 is 0 Å². The highest BCUT2D eigenvalue weighted by Crippen LogP contribution is 2.61. The average molecular weight is 857 g/mol. The zero-order valence-corrected chi connectivity index (χ0v) is 36.6. The molecule has 0 radical (unpaired) electrons. The molecule has 2 atom stereocenters. The maximum atomic E-state index is 6.13. The van der Waals surface area contributed by atoms with E-state index in [2.05, 4.69) is 183 Å². The van der Waals surface area contributed by atoms with Crippen molar-refractivity contribution in [2.24, 2.45) is 5.92 Å². The average Bonchev–Trinajstić information content (AvgIpc) is 3.92. The van der Waals surface area contributed by atoms with Crippen molar-refractivity contribution >= 4 is 71.1 Å². The van der Waals surface area contributed by atoms with E-state index in [4.69, 9.17) is 24.4 Å². The van der Waals surface area contributed by atoms with Gasteiger partial charge in [-0.05, 0) is 105 Å². The Morgan fingerprint density at radius 2 is 1.16 bits per heavy atom. The summed E-state index contributed by atoms with van der Waals surface area (Å²) in [5.74, 6) is 0.251. The van der Waals surface area contributed by atoms with Crippen LogP contribution in [0.5, 0.6) is 0 Å². The lowest BCUT2D eigenvalue weighted by Crippen LogP contribution is -2.34. The van der Waals surface area contributed by atoms with Crippen LogP contribution in [0.1, 0.15) is 40.7 Å². The van der Waals surface area contributed by atoms with Gasteiger partial charge in [0.2, 0.25) is 0 Å². The van der Waals surface area contributed by atoms with Gasteiger partial charge in [0.25, 0.3) is 0 Å². The summed E-state index contributed by atoms with van der Waals surface area (Å²) >= 11 is 0. The molecule has 5 aromatic heterocycles. The molecule has 0 saturated carbocycles. The molecule has 5 nitrogen and oxygen atoms in total. The molecule has 2 aliphatic rings. The number of pyridine rings is 4. The molecule has 0 N–H and O–H groups in total. The second-order valence-corrected chi connectivity index (χ2v) is 18.2. The van der Waals surface area contributed by atoms with Crippen LogP contribution in [-0.4, -0.2) is 19.9 Å². The van der Waals surface area contributed by atoms with E-state index in [9.17, 15) is 0 Å². The normalized spacial score (nSPS) is 16.4. The van der Waals surface area contributed by atoms with Gasteiger partial charge in [0.15, 0.2) is 0 Å². The number of para-hydroxylation sites is 1. The third kappa shape index (κ3) is 5.61. The molecule has 2 unspecified atom stereocenters. The first-order valence-electron chi connectivity index (χ1n) is 23.0. The minimum Gasteiger partial charge on any atom is -0.456 e. The summed E-state index contributed by atoms with van der Waals surface area (Å²) in [6, 6.07) is 65.5. The lowest BCUT2D eigenvalue weighted by Gasteiger charge is -2.41. The van der Waals surface area contributed by atoms with Crippen LogP contribution in [0.15, 0.2) is 223 Å². The standard InChI is InChI=1S/C62H40N4O/c1-37-48(45-32-43-20-18-38-11-10-30-63-58(38)59(43)65-36-45)26-27-51-49-25-22-40(34-53(49)62(57(37)51,46-12-4-2-5-13-46)47-14-6-3-7-15-47)44-31-42-21-19-39-23-28-54(66-61(39)60(42)64-35-44)41-24-29-56-52(33-41)50-16-8-9-17-55(50)67-56/h2-37,48H,1H3. The highest BCUT2D eigenvalue weighted by Gasteiger charge is 2.51. The highest BCUT2D eigenvalue weighted by atomic mass is 16.3. The molecule has 0 amide bonds. The fraction of sp³-hybridized carbons (Fsp3) is 0.0645. The molecule has 2 aliphatic carbocycles. The first-order valence-corrected chi connectivity index (χ1v) is 23.0. The Hall–Kier alpha value is -8.54. The Morgan fingerprint density at radius 1 is 0.493 bits per heavy atom. The van der Waals surface area contributed by atoms with E-state index in [1.54, 1.807) is 0 Å². The van der Waals surface area contributed by atoms with Gasteiger partial charge in [-0.3, -0.25) is 15.0 Å². The van der Waals surface area contributed by atoms with E-state index in [1.165, 1.54) is 39.0 Å². The van der Waals surface area contributed by atoms with Crippen LogP contribution in [0.2, 0.25) is 0 Å². The number of nitrogens with zero attached hydrogens (tertiary/aromatic N) is 4. The number of benzene rings is 7. The SMILES string of the molecule is CC1C2=C(C=CC1c1cnc3c(ccc4cccnc43)c1)c1ccc(-c3cnc4c(ccc5ccc(-c6ccc7oc8ccccc8c7c6)nc54)c3)cc1C2(c1ccccc1)c1ccccc1. The van der Waals surface area contributed by atoms with Crippen molar-refractivity contribution in [3.05, 3.63) is 246 Å². The monoisotopic (exact) mass is 856 g/mol. The molecule has 67 heavy (non-hydrogen) atoms. The molecule has 0 bridgehead atoms. The minimum absolute atomic E-state index is 0.109. The summed E-state index contributed by atoms with van der Waals surface area (Å²) in [4.78, 5) is 20.3. The molecule has 0 fully saturated rings. The molecular formula is C62H40N4O. The first kappa shape index (κ1) is 37.8. The van der Waals surface area contributed by atoms with Gasteiger partial charge in [-0.25, -0.2) is 4.98 Å². The predicted molar refractivity (Wildman–Crippen MR) is 273 cm³/mol. The fourth-order valence-corrected chi connectivity index (χ4v) is 11.6. The summed E-state index contributed by atoms with van der Waals surface area (Å²) in [6.45, 7) is 2.41. The third-order valence-corrected chi connectivity index (χ3v) is 14.6. The minimum atomic E-state index is -0.553. The maximum absolute atomic E-state index is 6.13. The van der Waals surface area contributed by atoms with Crippen molar-refractivity contribution in [1.82, 2.24) is 19.9 Å². The molecule has 314 valence electrons. The lowest BCUT2D eigenvalue weighted by atomic mass is 9.61. The summed E-state index contributed by atoms with van der Waals surface area (Å²) in [7, 11) is 0. The van der Waals surface area contributed by atoms with E-state index in [1.807, 2.05) is 36.7 Å². The number of hydrogen-bond donors (Lipinski definition) is 0. The van der Waals surface area contributed by atoms with E-state index >= 15 is 0 Å². The largest absolute Gasteiger partial charge is 0.456 e. The van der Waals surface area contributed by atoms with Crippen molar-refractivity contribution < 1.29 is 4.42 Å². The van der Waals surface area contributed by atoms with E-state index in [0.29, 0.717) is 0 Å². The van der Waals surface area contributed by atoms with Gasteiger partial charge >= 0.3 is 0 Å². The molecule has 0 aliphatic heterocycles. The Bertz CT molecular complexity index is 4040. The molecule has 5 heterocycles. The topological polar surface area (TPSA) is 64.7 Å². The van der Waals surface area contributed by atoms with Crippen LogP contribution in [0.3, 0.4) is 0 Å². The Balaban J connectivity index is 0.894. The van der Waals surface area contributed by atoms with Gasteiger partial charge in [-0.2, -0.15) is 0 Å².